The molecule has 1 aromatic heterocycles. The molecule has 4 heteroatoms. The van der Waals surface area contributed by atoms with Crippen LogP contribution >= 0.6 is 0 Å². The number of hydrogen-bond acceptors (Lipinski definition) is 2. The predicted octanol–water partition coefficient (Wildman–Crippen LogP) is 4.05. The third-order valence-electron chi connectivity index (χ3n) is 4.21. The Balaban J connectivity index is 1.90. The molecule has 2 aromatic carbocycles. The van der Waals surface area contributed by atoms with Crippen molar-refractivity contribution in [3.63, 3.8) is 0 Å². The highest BCUT2D eigenvalue weighted by Gasteiger charge is 2.18. The first-order valence-electron chi connectivity index (χ1n) is 8.52. The number of carbonyl (C=O) groups is 1. The Bertz CT molecular complexity index is 929. The number of amides is 1. The molecular formula is C21H22N2O2. The van der Waals surface area contributed by atoms with Gasteiger partial charge in [0.2, 0.25) is 0 Å². The lowest BCUT2D eigenvalue weighted by atomic mass is 9.97. The number of carbonyl (C=O) groups excluding carboxylic acids is 1. The van der Waals surface area contributed by atoms with Crippen LogP contribution in [0.2, 0.25) is 0 Å². The molecule has 3 aromatic rings. The van der Waals surface area contributed by atoms with Crippen LogP contribution in [0, 0.1) is 5.92 Å². The molecule has 0 aliphatic rings. The third-order valence-corrected chi connectivity index (χ3v) is 4.21. The van der Waals surface area contributed by atoms with E-state index in [2.05, 4.69) is 24.1 Å². The zero-order valence-corrected chi connectivity index (χ0v) is 14.5. The molecular weight excluding hydrogens is 312 g/mol. The summed E-state index contributed by atoms with van der Waals surface area (Å²) < 4.78 is 0. The van der Waals surface area contributed by atoms with E-state index in [0.717, 1.165) is 17.4 Å². The summed E-state index contributed by atoms with van der Waals surface area (Å²) in [4.78, 5) is 27.6. The maximum atomic E-state index is 12.7. The van der Waals surface area contributed by atoms with E-state index in [0.29, 0.717) is 11.3 Å². The van der Waals surface area contributed by atoms with Gasteiger partial charge in [-0.1, -0.05) is 62.4 Å². The van der Waals surface area contributed by atoms with Crippen LogP contribution in [0.25, 0.3) is 10.8 Å². The molecule has 25 heavy (non-hydrogen) atoms. The van der Waals surface area contributed by atoms with E-state index in [-0.39, 0.29) is 23.2 Å². The first-order valence-corrected chi connectivity index (χ1v) is 8.52. The van der Waals surface area contributed by atoms with Gasteiger partial charge >= 0.3 is 0 Å². The minimum absolute atomic E-state index is 0.0938. The first-order chi connectivity index (χ1) is 12.0. The lowest BCUT2D eigenvalue weighted by Gasteiger charge is -2.21. The molecule has 4 nitrogen and oxygen atoms in total. The summed E-state index contributed by atoms with van der Waals surface area (Å²) in [5, 5.41) is 4.41. The third kappa shape index (κ3) is 3.97. The van der Waals surface area contributed by atoms with E-state index in [9.17, 15) is 9.59 Å². The molecule has 1 amide bonds. The van der Waals surface area contributed by atoms with Gasteiger partial charge < -0.3 is 10.3 Å². The predicted molar refractivity (Wildman–Crippen MR) is 101 cm³/mol. The van der Waals surface area contributed by atoms with Crippen LogP contribution in [-0.4, -0.2) is 10.9 Å². The van der Waals surface area contributed by atoms with Crippen LogP contribution in [-0.2, 0) is 0 Å². The van der Waals surface area contributed by atoms with Gasteiger partial charge in [0, 0.05) is 5.39 Å². The van der Waals surface area contributed by atoms with E-state index < -0.39 is 0 Å². The highest BCUT2D eigenvalue weighted by Crippen LogP contribution is 2.21. The summed E-state index contributed by atoms with van der Waals surface area (Å²) in [6, 6.07) is 18.8. The van der Waals surface area contributed by atoms with Crippen molar-refractivity contribution in [2.75, 3.05) is 0 Å². The van der Waals surface area contributed by atoms with Gasteiger partial charge in [-0.3, -0.25) is 9.59 Å². The van der Waals surface area contributed by atoms with Gasteiger partial charge in [-0.05, 0) is 35.4 Å². The van der Waals surface area contributed by atoms with Crippen LogP contribution in [0.5, 0.6) is 0 Å². The number of benzene rings is 2. The van der Waals surface area contributed by atoms with Crippen LogP contribution < -0.4 is 10.9 Å². The van der Waals surface area contributed by atoms with Gasteiger partial charge in [-0.2, -0.15) is 0 Å². The number of aromatic amines is 1. The molecule has 0 aliphatic heterocycles. The minimum Gasteiger partial charge on any atom is -0.344 e. The number of nitrogens with one attached hydrogen (secondary N) is 2. The van der Waals surface area contributed by atoms with Crippen molar-refractivity contribution in [2.45, 2.75) is 26.3 Å². The highest BCUT2D eigenvalue weighted by molar-refractivity contribution is 5.96. The Morgan fingerprint density at radius 2 is 1.72 bits per heavy atom. The van der Waals surface area contributed by atoms with Crippen molar-refractivity contribution in [1.29, 1.82) is 0 Å². The van der Waals surface area contributed by atoms with Crippen LogP contribution in [0.3, 0.4) is 0 Å². The topological polar surface area (TPSA) is 62.0 Å². The zero-order chi connectivity index (χ0) is 17.8. The Kier molecular flexibility index (Phi) is 4.98. The van der Waals surface area contributed by atoms with Crippen molar-refractivity contribution in [1.82, 2.24) is 10.3 Å². The standard InChI is InChI=1S/C21H22N2O2/c1-14(2)12-18(15-8-4-3-5-9-15)22-21(25)19-13-16-10-6-7-11-17(16)20(24)23-19/h3-11,13-14,18H,12H2,1-2H3,(H,22,25)(H,23,24). The summed E-state index contributed by atoms with van der Waals surface area (Å²) in [5.41, 5.74) is 1.10. The molecule has 2 N–H and O–H groups in total. The number of aromatic nitrogens is 1. The van der Waals surface area contributed by atoms with Gasteiger partial charge in [0.25, 0.3) is 11.5 Å². The minimum atomic E-state index is -0.266. The van der Waals surface area contributed by atoms with E-state index in [4.69, 9.17) is 0 Å². The molecule has 1 atom stereocenters. The Hall–Kier alpha value is -2.88. The van der Waals surface area contributed by atoms with Crippen molar-refractivity contribution >= 4 is 16.7 Å². The maximum absolute atomic E-state index is 12.7. The summed E-state index contributed by atoms with van der Waals surface area (Å²) in [7, 11) is 0. The van der Waals surface area contributed by atoms with E-state index in [1.807, 2.05) is 48.5 Å². The fourth-order valence-electron chi connectivity index (χ4n) is 3.00. The molecule has 0 radical (unpaired) electrons. The molecule has 0 fully saturated rings. The lowest BCUT2D eigenvalue weighted by Crippen LogP contribution is -2.31. The Labute approximate surface area is 146 Å². The summed E-state index contributed by atoms with van der Waals surface area (Å²) in [6.07, 6.45) is 0.827. The number of pyridine rings is 1. The SMILES string of the molecule is CC(C)CC(NC(=O)c1cc2ccccc2c(=O)[nH]1)c1ccccc1. The van der Waals surface area contributed by atoms with Gasteiger partial charge in [0.15, 0.2) is 0 Å². The van der Waals surface area contributed by atoms with Gasteiger partial charge in [-0.25, -0.2) is 0 Å². The smallest absolute Gasteiger partial charge is 0.268 e. The second-order valence-electron chi connectivity index (χ2n) is 6.67. The average Bonchev–Trinajstić information content (AvgIpc) is 2.61. The van der Waals surface area contributed by atoms with E-state index in [1.54, 1.807) is 12.1 Å². The van der Waals surface area contributed by atoms with Gasteiger partial charge in [0.05, 0.1) is 6.04 Å². The molecule has 128 valence electrons. The number of H-pyrrole nitrogens is 1. The van der Waals surface area contributed by atoms with Crippen molar-refractivity contribution < 1.29 is 4.79 Å². The summed E-state index contributed by atoms with van der Waals surface area (Å²) in [5.74, 6) is 0.165. The fourth-order valence-corrected chi connectivity index (χ4v) is 3.00. The van der Waals surface area contributed by atoms with Crippen LogP contribution in [0.4, 0.5) is 0 Å². The maximum Gasteiger partial charge on any atom is 0.268 e. The zero-order valence-electron chi connectivity index (χ0n) is 14.5. The van der Waals surface area contributed by atoms with E-state index >= 15 is 0 Å². The lowest BCUT2D eigenvalue weighted by molar-refractivity contribution is 0.0927. The van der Waals surface area contributed by atoms with Gasteiger partial charge in [0.1, 0.15) is 5.69 Å². The Morgan fingerprint density at radius 3 is 2.44 bits per heavy atom. The van der Waals surface area contributed by atoms with Crippen LogP contribution in [0.15, 0.2) is 65.5 Å². The fraction of sp³-hybridized carbons (Fsp3) is 0.238. The normalized spacial score (nSPS) is 12.3. The number of rotatable bonds is 5. The largest absolute Gasteiger partial charge is 0.344 e. The molecule has 0 bridgehead atoms. The highest BCUT2D eigenvalue weighted by atomic mass is 16.2. The van der Waals surface area contributed by atoms with Crippen molar-refractivity contribution in [2.24, 2.45) is 5.92 Å². The molecule has 1 unspecified atom stereocenters. The molecule has 0 aliphatic carbocycles. The number of hydrogen-bond donors (Lipinski definition) is 2. The quantitative estimate of drug-likeness (QED) is 0.739. The van der Waals surface area contributed by atoms with Crippen molar-refractivity contribution in [3.05, 3.63) is 82.3 Å². The van der Waals surface area contributed by atoms with Gasteiger partial charge in [-0.15, -0.1) is 0 Å². The van der Waals surface area contributed by atoms with Crippen LogP contribution in [0.1, 0.15) is 42.4 Å². The first kappa shape index (κ1) is 17.0. The molecule has 0 spiro atoms. The molecule has 0 saturated heterocycles. The average molecular weight is 334 g/mol. The Morgan fingerprint density at radius 1 is 1.04 bits per heavy atom. The summed E-state index contributed by atoms with van der Waals surface area (Å²) in [6.45, 7) is 4.25. The second-order valence-corrected chi connectivity index (χ2v) is 6.67. The molecule has 0 saturated carbocycles. The monoisotopic (exact) mass is 334 g/mol. The number of fused-ring (bicyclic) bond motifs is 1. The second kappa shape index (κ2) is 7.34. The van der Waals surface area contributed by atoms with E-state index in [1.165, 1.54) is 0 Å². The molecule has 3 rings (SSSR count). The summed E-state index contributed by atoms with van der Waals surface area (Å²) >= 11 is 0. The van der Waals surface area contributed by atoms with Crippen molar-refractivity contribution in [3.8, 4) is 0 Å². The molecule has 1 heterocycles.